The van der Waals surface area contributed by atoms with Crippen LogP contribution in [-0.2, 0) is 20.7 Å². The Kier molecular flexibility index (Phi) is 10.7. The van der Waals surface area contributed by atoms with E-state index in [0.717, 1.165) is 38.0 Å². The van der Waals surface area contributed by atoms with Crippen LogP contribution in [-0.4, -0.2) is 122 Å². The maximum atomic E-state index is 14.3. The Hall–Kier alpha value is -3.16. The number of pyridine rings is 1. The zero-order valence-electron chi connectivity index (χ0n) is 28.0. The van der Waals surface area contributed by atoms with Crippen LogP contribution in [0.5, 0.6) is 5.88 Å². The number of benzene rings is 1. The third kappa shape index (κ3) is 7.94. The first-order valence-electron chi connectivity index (χ1n) is 17.1. The number of ether oxygens (including phenoxy) is 3. The van der Waals surface area contributed by atoms with Gasteiger partial charge >= 0.3 is 0 Å². The molecule has 0 spiro atoms. The quantitative estimate of drug-likeness (QED) is 0.445. The van der Waals surface area contributed by atoms with E-state index >= 15 is 0 Å². The van der Waals surface area contributed by atoms with Gasteiger partial charge in [-0.15, -0.1) is 0 Å². The molecule has 2 aromatic rings. The first-order valence-corrected chi connectivity index (χ1v) is 17.1. The summed E-state index contributed by atoms with van der Waals surface area (Å²) in [7, 11) is 0. The Morgan fingerprint density at radius 2 is 1.72 bits per heavy atom. The van der Waals surface area contributed by atoms with Gasteiger partial charge in [0.15, 0.2) is 0 Å². The predicted molar refractivity (Wildman–Crippen MR) is 176 cm³/mol. The first kappa shape index (κ1) is 33.7. The number of piperazine rings is 1. The van der Waals surface area contributed by atoms with Crippen LogP contribution in [0.1, 0.15) is 62.2 Å². The highest BCUT2D eigenvalue weighted by Crippen LogP contribution is 2.35. The number of hydrogen-bond donors (Lipinski definition) is 2. The maximum Gasteiger partial charge on any atom is 0.270 e. The fourth-order valence-electron chi connectivity index (χ4n) is 7.24. The van der Waals surface area contributed by atoms with Crippen molar-refractivity contribution < 1.29 is 28.2 Å². The summed E-state index contributed by atoms with van der Waals surface area (Å²) in [4.78, 5) is 39.3. The van der Waals surface area contributed by atoms with Crippen LogP contribution < -0.4 is 20.3 Å². The predicted octanol–water partition coefficient (Wildman–Crippen LogP) is 2.61. The van der Waals surface area contributed by atoms with E-state index in [2.05, 4.69) is 41.2 Å². The topological polar surface area (TPSA) is 109 Å². The van der Waals surface area contributed by atoms with Crippen molar-refractivity contribution in [2.75, 3.05) is 64.1 Å². The van der Waals surface area contributed by atoms with Crippen LogP contribution in [0.3, 0.4) is 0 Å². The highest BCUT2D eigenvalue weighted by atomic mass is 19.1. The molecule has 11 nitrogen and oxygen atoms in total. The van der Waals surface area contributed by atoms with E-state index in [-0.39, 0.29) is 66.5 Å². The zero-order chi connectivity index (χ0) is 33.1. The molecular weight excluding hydrogens is 603 g/mol. The van der Waals surface area contributed by atoms with E-state index < -0.39 is 0 Å². The van der Waals surface area contributed by atoms with Crippen molar-refractivity contribution in [3.8, 4) is 5.88 Å². The average Bonchev–Trinajstić information content (AvgIpc) is 3.05. The summed E-state index contributed by atoms with van der Waals surface area (Å²) in [5.41, 5.74) is 2.30. The minimum Gasteiger partial charge on any atom is -0.474 e. The second-order valence-corrected chi connectivity index (χ2v) is 13.7. The molecule has 6 rings (SSSR count). The molecule has 0 bridgehead atoms. The minimum atomic E-state index is -0.327. The SMILES string of the molecule is C[C@@H]1CN(CC(=O)N2c3cc(Cc4ccc(F)cc4)c(C(=O)NC4CCOCC4)nc3OC[C@@H]2C)[C@@H](CN2[C@H](C)COC[C@H]2C)CN1. The number of rotatable bonds is 8. The Morgan fingerprint density at radius 1 is 1.00 bits per heavy atom. The Bertz CT molecular complexity index is 1400. The number of nitrogens with zero attached hydrogens (tertiary/aromatic N) is 4. The standard InChI is InChI=1S/C35H49FN6O5/c1-22-16-40(30(15-37-22)17-41-23(2)19-46-20-24(41)3)18-32(43)42-25(4)21-47-35-31(42)14-27(13-26-5-7-28(36)8-6-26)33(39-35)34(44)38-29-9-11-45-12-10-29/h5-8,14,22-25,29-30,37H,9-13,15-21H2,1-4H3,(H,38,44)/t22-,23-,24-,25+,30-/m1/s1. The third-order valence-corrected chi connectivity index (χ3v) is 9.89. The van der Waals surface area contributed by atoms with Gasteiger partial charge in [0.05, 0.1) is 25.8 Å². The monoisotopic (exact) mass is 652 g/mol. The van der Waals surface area contributed by atoms with E-state index in [4.69, 9.17) is 19.2 Å². The molecule has 0 unspecified atom stereocenters. The first-order chi connectivity index (χ1) is 22.7. The van der Waals surface area contributed by atoms with Gasteiger partial charge in [-0.25, -0.2) is 9.37 Å². The number of carbonyl (C=O) groups is 2. The number of nitrogens with one attached hydrogen (secondary N) is 2. The number of amides is 2. The van der Waals surface area contributed by atoms with Crippen LogP contribution >= 0.6 is 0 Å². The summed E-state index contributed by atoms with van der Waals surface area (Å²) in [5, 5.41) is 6.74. The summed E-state index contributed by atoms with van der Waals surface area (Å²) >= 11 is 0. The highest BCUT2D eigenvalue weighted by Gasteiger charge is 2.37. The molecule has 256 valence electrons. The largest absolute Gasteiger partial charge is 0.474 e. The Labute approximate surface area is 277 Å². The van der Waals surface area contributed by atoms with Crippen LogP contribution in [0.15, 0.2) is 30.3 Å². The molecule has 1 aromatic heterocycles. The Morgan fingerprint density at radius 3 is 2.45 bits per heavy atom. The lowest BCUT2D eigenvalue weighted by Crippen LogP contribution is -2.63. The van der Waals surface area contributed by atoms with Crippen LogP contribution in [0.4, 0.5) is 10.1 Å². The molecule has 0 saturated carbocycles. The number of morpholine rings is 1. The van der Waals surface area contributed by atoms with E-state index in [1.807, 2.05) is 13.0 Å². The summed E-state index contributed by atoms with van der Waals surface area (Å²) in [5.74, 6) is -0.371. The molecular formula is C35H49FN6O5. The zero-order valence-corrected chi connectivity index (χ0v) is 28.0. The van der Waals surface area contributed by atoms with Gasteiger partial charge in [-0.2, -0.15) is 0 Å². The summed E-state index contributed by atoms with van der Waals surface area (Å²) in [6.07, 6.45) is 1.81. The van der Waals surface area contributed by atoms with Crippen molar-refractivity contribution in [2.24, 2.45) is 0 Å². The van der Waals surface area contributed by atoms with Crippen molar-refractivity contribution >= 4 is 17.5 Å². The highest BCUT2D eigenvalue weighted by molar-refractivity contribution is 5.99. The van der Waals surface area contributed by atoms with Crippen molar-refractivity contribution in [3.63, 3.8) is 0 Å². The molecule has 0 radical (unpaired) electrons. The number of aromatic nitrogens is 1. The molecule has 0 aliphatic carbocycles. The van der Waals surface area contributed by atoms with Gasteiger partial charge < -0.3 is 29.7 Å². The van der Waals surface area contributed by atoms with E-state index in [1.54, 1.807) is 17.0 Å². The number of hydrogen-bond acceptors (Lipinski definition) is 9. The molecule has 2 amide bonds. The molecule has 4 aliphatic heterocycles. The molecule has 3 saturated heterocycles. The number of carbonyl (C=O) groups excluding carboxylic acids is 2. The molecule has 4 aliphatic rings. The Balaban J connectivity index is 1.27. The average molecular weight is 653 g/mol. The lowest BCUT2D eigenvalue weighted by molar-refractivity contribution is -0.122. The van der Waals surface area contributed by atoms with Gasteiger partial charge in [0, 0.05) is 63.1 Å². The van der Waals surface area contributed by atoms with Crippen molar-refractivity contribution in [2.45, 2.75) is 83.2 Å². The van der Waals surface area contributed by atoms with E-state index in [9.17, 15) is 14.0 Å². The molecule has 5 heterocycles. The van der Waals surface area contributed by atoms with Gasteiger partial charge in [-0.05, 0) is 76.3 Å². The van der Waals surface area contributed by atoms with Crippen LogP contribution in [0.25, 0.3) is 0 Å². The van der Waals surface area contributed by atoms with Crippen molar-refractivity contribution in [1.29, 1.82) is 0 Å². The molecule has 5 atom stereocenters. The second-order valence-electron chi connectivity index (χ2n) is 13.7. The molecule has 2 N–H and O–H groups in total. The maximum absolute atomic E-state index is 14.3. The number of anilines is 1. The van der Waals surface area contributed by atoms with Crippen molar-refractivity contribution in [1.82, 2.24) is 25.4 Å². The van der Waals surface area contributed by atoms with Crippen LogP contribution in [0.2, 0.25) is 0 Å². The molecule has 12 heteroatoms. The van der Waals surface area contributed by atoms with E-state index in [0.29, 0.717) is 56.2 Å². The second kappa shape index (κ2) is 14.9. The third-order valence-electron chi connectivity index (χ3n) is 9.89. The lowest BCUT2D eigenvalue weighted by Gasteiger charge is -2.46. The number of fused-ring (bicyclic) bond motifs is 1. The van der Waals surface area contributed by atoms with Crippen molar-refractivity contribution in [3.05, 3.63) is 53.0 Å². The summed E-state index contributed by atoms with van der Waals surface area (Å²) < 4.78 is 31.1. The lowest BCUT2D eigenvalue weighted by atomic mass is 10.0. The molecule has 1 aromatic carbocycles. The van der Waals surface area contributed by atoms with Gasteiger partial charge in [0.2, 0.25) is 11.8 Å². The summed E-state index contributed by atoms with van der Waals surface area (Å²) in [6.45, 7) is 14.1. The summed E-state index contributed by atoms with van der Waals surface area (Å²) in [6, 6.07) is 8.91. The smallest absolute Gasteiger partial charge is 0.270 e. The van der Waals surface area contributed by atoms with Gasteiger partial charge in [-0.1, -0.05) is 12.1 Å². The minimum absolute atomic E-state index is 0.00965. The fourth-order valence-corrected chi connectivity index (χ4v) is 7.24. The van der Waals surface area contributed by atoms with Crippen LogP contribution in [0, 0.1) is 5.82 Å². The fraction of sp³-hybridized carbons (Fsp3) is 0.629. The number of halogens is 1. The van der Waals surface area contributed by atoms with Gasteiger partial charge in [-0.3, -0.25) is 19.4 Å². The normalized spacial score (nSPS) is 27.6. The van der Waals surface area contributed by atoms with Gasteiger partial charge in [0.1, 0.15) is 23.8 Å². The van der Waals surface area contributed by atoms with E-state index in [1.165, 1.54) is 12.1 Å². The molecule has 3 fully saturated rings. The van der Waals surface area contributed by atoms with Gasteiger partial charge in [0.25, 0.3) is 5.91 Å². The molecule has 47 heavy (non-hydrogen) atoms.